The Labute approximate surface area is 82.8 Å². The molecule has 0 aliphatic carbocycles. The first-order valence-electron chi connectivity index (χ1n) is 4.34. The standard InChI is InChI=1S/C8H14N2O2S/c9-7(13)4-8(11)10-6-2-1-3-12-5-6/h6H,1-5H2,(H2,9,13)(H,10,11). The zero-order valence-corrected chi connectivity index (χ0v) is 8.23. The molecule has 5 heteroatoms. The van der Waals surface area contributed by atoms with Crippen LogP contribution >= 0.6 is 12.2 Å². The van der Waals surface area contributed by atoms with E-state index in [0.717, 1.165) is 19.4 Å². The molecular weight excluding hydrogens is 188 g/mol. The van der Waals surface area contributed by atoms with Gasteiger partial charge in [-0.2, -0.15) is 0 Å². The molecule has 1 amide bonds. The van der Waals surface area contributed by atoms with Crippen molar-refractivity contribution in [2.75, 3.05) is 13.2 Å². The Bertz CT molecular complexity index is 202. The van der Waals surface area contributed by atoms with E-state index < -0.39 is 0 Å². The highest BCUT2D eigenvalue weighted by Crippen LogP contribution is 2.05. The SMILES string of the molecule is NC(=S)CC(=O)NC1CCCOC1. The topological polar surface area (TPSA) is 64.4 Å². The Balaban J connectivity index is 2.22. The molecule has 3 N–H and O–H groups in total. The van der Waals surface area contributed by atoms with E-state index in [1.807, 2.05) is 0 Å². The fourth-order valence-corrected chi connectivity index (χ4v) is 1.42. The largest absolute Gasteiger partial charge is 0.393 e. The van der Waals surface area contributed by atoms with Crippen LogP contribution in [0.3, 0.4) is 0 Å². The fraction of sp³-hybridized carbons (Fsp3) is 0.750. The molecule has 74 valence electrons. The number of ether oxygens (including phenoxy) is 1. The third-order valence-corrected chi connectivity index (χ3v) is 2.00. The Hall–Kier alpha value is -0.680. The number of rotatable bonds is 3. The highest BCUT2D eigenvalue weighted by atomic mass is 32.1. The Morgan fingerprint density at radius 1 is 1.69 bits per heavy atom. The van der Waals surface area contributed by atoms with E-state index in [4.69, 9.17) is 10.5 Å². The summed E-state index contributed by atoms with van der Waals surface area (Å²) in [7, 11) is 0. The maximum atomic E-state index is 11.2. The van der Waals surface area contributed by atoms with Gasteiger partial charge >= 0.3 is 0 Å². The lowest BCUT2D eigenvalue weighted by Gasteiger charge is -2.22. The van der Waals surface area contributed by atoms with Gasteiger partial charge in [0.25, 0.3) is 0 Å². The van der Waals surface area contributed by atoms with Gasteiger partial charge in [-0.25, -0.2) is 0 Å². The van der Waals surface area contributed by atoms with Crippen LogP contribution in [0.4, 0.5) is 0 Å². The average Bonchev–Trinajstić information content (AvgIpc) is 2.04. The molecule has 0 aromatic rings. The quantitative estimate of drug-likeness (QED) is 0.630. The lowest BCUT2D eigenvalue weighted by atomic mass is 10.1. The summed E-state index contributed by atoms with van der Waals surface area (Å²) in [6.45, 7) is 1.39. The van der Waals surface area contributed by atoms with E-state index in [9.17, 15) is 4.79 Å². The van der Waals surface area contributed by atoms with E-state index in [-0.39, 0.29) is 23.4 Å². The minimum absolute atomic E-state index is 0.108. The van der Waals surface area contributed by atoms with Crippen molar-refractivity contribution in [2.24, 2.45) is 5.73 Å². The molecule has 0 saturated carbocycles. The highest BCUT2D eigenvalue weighted by Gasteiger charge is 2.15. The molecule has 1 aliphatic heterocycles. The first-order chi connectivity index (χ1) is 6.18. The number of nitrogens with two attached hydrogens (primary N) is 1. The van der Waals surface area contributed by atoms with Crippen molar-refractivity contribution >= 4 is 23.1 Å². The normalized spacial score (nSPS) is 22.3. The smallest absolute Gasteiger partial charge is 0.227 e. The molecule has 1 rings (SSSR count). The second-order valence-corrected chi connectivity index (χ2v) is 3.65. The third-order valence-electron chi connectivity index (χ3n) is 1.86. The number of carbonyl (C=O) groups excluding carboxylic acids is 1. The molecule has 1 aliphatic rings. The van der Waals surface area contributed by atoms with Gasteiger partial charge in [-0.3, -0.25) is 4.79 Å². The second kappa shape index (κ2) is 5.14. The van der Waals surface area contributed by atoms with E-state index in [1.165, 1.54) is 0 Å². The summed E-state index contributed by atoms with van der Waals surface area (Å²) in [6, 6.07) is 0.135. The molecule has 0 radical (unpaired) electrons. The molecule has 4 nitrogen and oxygen atoms in total. The van der Waals surface area contributed by atoms with Gasteiger partial charge in [0.1, 0.15) is 0 Å². The van der Waals surface area contributed by atoms with Crippen molar-refractivity contribution in [1.29, 1.82) is 0 Å². The van der Waals surface area contributed by atoms with Gasteiger partial charge in [0.15, 0.2) is 0 Å². The van der Waals surface area contributed by atoms with E-state index >= 15 is 0 Å². The van der Waals surface area contributed by atoms with Gasteiger partial charge in [0.05, 0.1) is 24.1 Å². The number of nitrogens with one attached hydrogen (secondary N) is 1. The van der Waals surface area contributed by atoms with Crippen LogP contribution in [-0.4, -0.2) is 30.2 Å². The van der Waals surface area contributed by atoms with Crippen molar-refractivity contribution in [3.63, 3.8) is 0 Å². The van der Waals surface area contributed by atoms with Gasteiger partial charge in [0.2, 0.25) is 5.91 Å². The van der Waals surface area contributed by atoms with Gasteiger partial charge in [0, 0.05) is 6.61 Å². The number of carbonyl (C=O) groups is 1. The lowest BCUT2D eigenvalue weighted by Crippen LogP contribution is -2.41. The monoisotopic (exact) mass is 202 g/mol. The predicted octanol–water partition coefficient (Wildman–Crippen LogP) is -0.0422. The van der Waals surface area contributed by atoms with Crippen LogP contribution in [0, 0.1) is 0 Å². The maximum Gasteiger partial charge on any atom is 0.227 e. The molecular formula is C8H14N2O2S. The van der Waals surface area contributed by atoms with Crippen molar-refractivity contribution in [3.8, 4) is 0 Å². The second-order valence-electron chi connectivity index (χ2n) is 3.12. The molecule has 13 heavy (non-hydrogen) atoms. The summed E-state index contributed by atoms with van der Waals surface area (Å²) in [6.07, 6.45) is 2.10. The van der Waals surface area contributed by atoms with Gasteiger partial charge in [-0.1, -0.05) is 12.2 Å². The predicted molar refractivity (Wildman–Crippen MR) is 53.4 cm³/mol. The van der Waals surface area contributed by atoms with Gasteiger partial charge in [-0.05, 0) is 12.8 Å². The van der Waals surface area contributed by atoms with Crippen LogP contribution < -0.4 is 11.1 Å². The fourth-order valence-electron chi connectivity index (χ4n) is 1.29. The van der Waals surface area contributed by atoms with Crippen LogP contribution in [0.2, 0.25) is 0 Å². The lowest BCUT2D eigenvalue weighted by molar-refractivity contribution is -0.121. The molecule has 1 heterocycles. The summed E-state index contributed by atoms with van der Waals surface area (Å²) >= 11 is 4.63. The Morgan fingerprint density at radius 2 is 2.46 bits per heavy atom. The molecule has 1 fully saturated rings. The van der Waals surface area contributed by atoms with Crippen LogP contribution in [0.1, 0.15) is 19.3 Å². The number of amides is 1. The van der Waals surface area contributed by atoms with Crippen molar-refractivity contribution in [3.05, 3.63) is 0 Å². The summed E-state index contributed by atoms with van der Waals surface area (Å²) < 4.78 is 5.21. The maximum absolute atomic E-state index is 11.2. The zero-order valence-electron chi connectivity index (χ0n) is 7.41. The third kappa shape index (κ3) is 4.19. The number of hydrogen-bond acceptors (Lipinski definition) is 3. The molecule has 0 aromatic heterocycles. The first-order valence-corrected chi connectivity index (χ1v) is 4.74. The van der Waals surface area contributed by atoms with E-state index in [2.05, 4.69) is 17.5 Å². The summed E-state index contributed by atoms with van der Waals surface area (Å²) in [5.74, 6) is -0.108. The summed E-state index contributed by atoms with van der Waals surface area (Å²) in [4.78, 5) is 11.4. The molecule has 0 spiro atoms. The van der Waals surface area contributed by atoms with E-state index in [0.29, 0.717) is 6.61 Å². The molecule has 0 aromatic carbocycles. The molecule has 1 atom stereocenters. The molecule has 0 bridgehead atoms. The summed E-state index contributed by atoms with van der Waals surface area (Å²) in [5.41, 5.74) is 5.24. The van der Waals surface area contributed by atoms with E-state index in [1.54, 1.807) is 0 Å². The minimum Gasteiger partial charge on any atom is -0.393 e. The number of hydrogen-bond donors (Lipinski definition) is 2. The van der Waals surface area contributed by atoms with Crippen molar-refractivity contribution in [2.45, 2.75) is 25.3 Å². The van der Waals surface area contributed by atoms with Crippen LogP contribution in [-0.2, 0) is 9.53 Å². The van der Waals surface area contributed by atoms with Gasteiger partial charge < -0.3 is 15.8 Å². The first kappa shape index (κ1) is 10.4. The van der Waals surface area contributed by atoms with Crippen LogP contribution in [0.25, 0.3) is 0 Å². The summed E-state index contributed by atoms with van der Waals surface area (Å²) in [5, 5.41) is 2.82. The Morgan fingerprint density at radius 3 is 3.00 bits per heavy atom. The zero-order chi connectivity index (χ0) is 9.68. The van der Waals surface area contributed by atoms with Gasteiger partial charge in [-0.15, -0.1) is 0 Å². The molecule has 1 saturated heterocycles. The highest BCUT2D eigenvalue weighted by molar-refractivity contribution is 7.80. The van der Waals surface area contributed by atoms with Crippen molar-refractivity contribution < 1.29 is 9.53 Å². The van der Waals surface area contributed by atoms with Crippen LogP contribution in [0.15, 0.2) is 0 Å². The molecule has 1 unspecified atom stereocenters. The number of thiocarbonyl (C=S) groups is 1. The average molecular weight is 202 g/mol. The van der Waals surface area contributed by atoms with Crippen LogP contribution in [0.5, 0.6) is 0 Å². The van der Waals surface area contributed by atoms with Crippen molar-refractivity contribution in [1.82, 2.24) is 5.32 Å². The minimum atomic E-state index is -0.108. The Kier molecular flexibility index (Phi) is 4.11.